The van der Waals surface area contributed by atoms with Crippen molar-refractivity contribution in [2.24, 2.45) is 0 Å². The van der Waals surface area contributed by atoms with E-state index >= 15 is 0 Å². The third-order valence-electron chi connectivity index (χ3n) is 3.25. The Morgan fingerprint density at radius 2 is 2.16 bits per heavy atom. The third-order valence-corrected chi connectivity index (χ3v) is 5.17. The molecule has 0 spiro atoms. The van der Waals surface area contributed by atoms with Crippen LogP contribution in [-0.2, 0) is 4.79 Å². The van der Waals surface area contributed by atoms with E-state index in [9.17, 15) is 13.6 Å². The summed E-state index contributed by atoms with van der Waals surface area (Å²) in [4.78, 5) is 13.1. The molecule has 0 fully saturated rings. The van der Waals surface area contributed by atoms with Gasteiger partial charge in [-0.25, -0.2) is 13.5 Å². The van der Waals surface area contributed by atoms with Crippen LogP contribution in [0.3, 0.4) is 0 Å². The fourth-order valence-corrected chi connectivity index (χ4v) is 3.44. The lowest BCUT2D eigenvalue weighted by atomic mass is 10.3. The number of hydrogen-bond donors (Lipinski definition) is 2. The highest BCUT2D eigenvalue weighted by Gasteiger charge is 2.21. The fourth-order valence-electron chi connectivity index (χ4n) is 1.97. The van der Waals surface area contributed by atoms with Gasteiger partial charge < -0.3 is 11.2 Å². The lowest BCUT2D eigenvalue weighted by Gasteiger charge is -2.12. The van der Waals surface area contributed by atoms with Gasteiger partial charge in [0.15, 0.2) is 5.82 Å². The number of amides is 1. The number of rotatable bonds is 5. The van der Waals surface area contributed by atoms with Gasteiger partial charge in [-0.05, 0) is 30.5 Å². The Kier molecular flexibility index (Phi) is 5.00. The first kappa shape index (κ1) is 17.4. The Labute approximate surface area is 150 Å². The second-order valence-electron chi connectivity index (χ2n) is 5.03. The monoisotopic (exact) mass is 381 g/mol. The van der Waals surface area contributed by atoms with Gasteiger partial charge in [0, 0.05) is 6.07 Å². The van der Waals surface area contributed by atoms with Gasteiger partial charge in [0.05, 0.1) is 15.8 Å². The van der Waals surface area contributed by atoms with Gasteiger partial charge in [0.1, 0.15) is 11.6 Å². The zero-order valence-electron chi connectivity index (χ0n) is 12.9. The number of nitrogens with zero attached hydrogens (tertiary/aromatic N) is 3. The summed E-state index contributed by atoms with van der Waals surface area (Å²) in [7, 11) is 0. The molecule has 1 atom stereocenters. The number of thioether (sulfide) groups is 1. The predicted molar refractivity (Wildman–Crippen MR) is 93.8 cm³/mol. The molecule has 6 nitrogen and oxygen atoms in total. The van der Waals surface area contributed by atoms with Crippen molar-refractivity contribution in [2.45, 2.75) is 17.3 Å². The zero-order valence-corrected chi connectivity index (χ0v) is 14.6. The van der Waals surface area contributed by atoms with E-state index < -0.39 is 22.8 Å². The van der Waals surface area contributed by atoms with Crippen LogP contribution >= 0.6 is 23.1 Å². The molecular formula is C15H13F2N5OS2. The van der Waals surface area contributed by atoms with Crippen molar-refractivity contribution in [1.29, 1.82) is 0 Å². The number of anilines is 1. The summed E-state index contributed by atoms with van der Waals surface area (Å²) in [6, 6.07) is 6.67. The molecule has 1 unspecified atom stereocenters. The van der Waals surface area contributed by atoms with Crippen molar-refractivity contribution in [1.82, 2.24) is 14.9 Å². The van der Waals surface area contributed by atoms with Gasteiger partial charge in [-0.15, -0.1) is 21.5 Å². The summed E-state index contributed by atoms with van der Waals surface area (Å²) in [5, 5.41) is 12.0. The van der Waals surface area contributed by atoms with Gasteiger partial charge in [-0.3, -0.25) is 4.79 Å². The van der Waals surface area contributed by atoms with Crippen LogP contribution in [0.1, 0.15) is 6.92 Å². The molecule has 0 aliphatic carbocycles. The molecule has 0 radical (unpaired) electrons. The molecule has 2 heterocycles. The molecule has 3 aromatic rings. The highest BCUT2D eigenvalue weighted by atomic mass is 32.2. The summed E-state index contributed by atoms with van der Waals surface area (Å²) in [5.41, 5.74) is -0.0904. The summed E-state index contributed by atoms with van der Waals surface area (Å²) in [6.45, 7) is 1.63. The Morgan fingerprint density at radius 1 is 1.36 bits per heavy atom. The maximum Gasteiger partial charge on any atom is 0.237 e. The van der Waals surface area contributed by atoms with Crippen LogP contribution < -0.4 is 11.2 Å². The third kappa shape index (κ3) is 3.80. The predicted octanol–water partition coefficient (Wildman–Crippen LogP) is 3.12. The molecule has 3 N–H and O–H groups in total. The van der Waals surface area contributed by atoms with Crippen LogP contribution in [0.5, 0.6) is 0 Å². The lowest BCUT2D eigenvalue weighted by molar-refractivity contribution is -0.115. The smallest absolute Gasteiger partial charge is 0.237 e. The van der Waals surface area contributed by atoms with Crippen molar-refractivity contribution >= 4 is 34.7 Å². The Balaban J connectivity index is 1.69. The molecule has 3 rings (SSSR count). The SMILES string of the molecule is CC(Sc1nnc(-c2cccs2)n1N)C(=O)Nc1ccc(F)cc1F. The molecule has 0 aliphatic rings. The van der Waals surface area contributed by atoms with E-state index in [4.69, 9.17) is 5.84 Å². The minimum Gasteiger partial charge on any atom is -0.335 e. The molecule has 130 valence electrons. The standard InChI is InChI=1S/C15H13F2N5OS2/c1-8(14(23)19-11-5-4-9(16)7-10(11)17)25-15-21-20-13(22(15)18)12-3-2-6-24-12/h2-8H,18H2,1H3,(H,19,23). The number of nitrogens with one attached hydrogen (secondary N) is 1. The Hall–Kier alpha value is -2.46. The van der Waals surface area contributed by atoms with Gasteiger partial charge in [-0.1, -0.05) is 17.8 Å². The van der Waals surface area contributed by atoms with Crippen LogP contribution in [0.25, 0.3) is 10.7 Å². The van der Waals surface area contributed by atoms with Crippen molar-refractivity contribution < 1.29 is 13.6 Å². The Morgan fingerprint density at radius 3 is 2.84 bits per heavy atom. The van der Waals surface area contributed by atoms with E-state index in [2.05, 4.69) is 15.5 Å². The summed E-state index contributed by atoms with van der Waals surface area (Å²) < 4.78 is 27.8. The lowest BCUT2D eigenvalue weighted by Crippen LogP contribution is -2.24. The average molecular weight is 381 g/mol. The average Bonchev–Trinajstić information content (AvgIpc) is 3.20. The normalized spacial score (nSPS) is 12.1. The molecule has 1 amide bonds. The van der Waals surface area contributed by atoms with Crippen molar-refractivity contribution in [3.05, 3.63) is 47.3 Å². The number of carbonyl (C=O) groups excluding carboxylic acids is 1. The minimum atomic E-state index is -0.840. The molecule has 25 heavy (non-hydrogen) atoms. The fraction of sp³-hybridized carbons (Fsp3) is 0.133. The minimum absolute atomic E-state index is 0.0904. The largest absolute Gasteiger partial charge is 0.335 e. The van der Waals surface area contributed by atoms with E-state index in [1.165, 1.54) is 22.1 Å². The number of nitrogen functional groups attached to an aromatic ring is 1. The number of thiophene rings is 1. The number of halogens is 2. The van der Waals surface area contributed by atoms with E-state index in [-0.39, 0.29) is 5.69 Å². The second-order valence-corrected chi connectivity index (χ2v) is 7.28. The van der Waals surface area contributed by atoms with E-state index in [0.717, 1.165) is 22.7 Å². The van der Waals surface area contributed by atoms with Crippen LogP contribution in [-0.4, -0.2) is 26.0 Å². The number of carbonyl (C=O) groups is 1. The van der Waals surface area contributed by atoms with Crippen molar-refractivity contribution in [3.63, 3.8) is 0 Å². The van der Waals surface area contributed by atoms with Gasteiger partial charge in [-0.2, -0.15) is 0 Å². The van der Waals surface area contributed by atoms with E-state index in [1.807, 2.05) is 17.5 Å². The van der Waals surface area contributed by atoms with Crippen LogP contribution in [0.2, 0.25) is 0 Å². The summed E-state index contributed by atoms with van der Waals surface area (Å²) >= 11 is 2.55. The topological polar surface area (TPSA) is 85.8 Å². The van der Waals surface area contributed by atoms with Crippen LogP contribution in [0.4, 0.5) is 14.5 Å². The first-order valence-corrected chi connectivity index (χ1v) is 8.88. The highest BCUT2D eigenvalue weighted by Crippen LogP contribution is 2.27. The molecule has 2 aromatic heterocycles. The quantitative estimate of drug-likeness (QED) is 0.524. The number of hydrogen-bond acceptors (Lipinski definition) is 6. The number of nitrogens with two attached hydrogens (primary N) is 1. The van der Waals surface area contributed by atoms with Gasteiger partial charge in [0.25, 0.3) is 0 Å². The number of benzene rings is 1. The maximum absolute atomic E-state index is 13.6. The second kappa shape index (κ2) is 7.19. The molecule has 0 saturated heterocycles. The highest BCUT2D eigenvalue weighted by molar-refractivity contribution is 8.00. The molecule has 0 aliphatic heterocycles. The van der Waals surface area contributed by atoms with Gasteiger partial charge >= 0.3 is 0 Å². The maximum atomic E-state index is 13.6. The van der Waals surface area contributed by atoms with Crippen LogP contribution in [0.15, 0.2) is 40.9 Å². The molecule has 0 bridgehead atoms. The van der Waals surface area contributed by atoms with Gasteiger partial charge in [0.2, 0.25) is 11.1 Å². The van der Waals surface area contributed by atoms with Crippen LogP contribution in [0, 0.1) is 11.6 Å². The molecule has 10 heteroatoms. The Bertz CT molecular complexity index is 897. The first-order chi connectivity index (χ1) is 12.0. The molecule has 0 saturated carbocycles. The summed E-state index contributed by atoms with van der Waals surface area (Å²) in [5.74, 6) is 4.46. The first-order valence-electron chi connectivity index (χ1n) is 7.12. The zero-order chi connectivity index (χ0) is 18.0. The van der Waals surface area contributed by atoms with Crippen molar-refractivity contribution in [3.8, 4) is 10.7 Å². The molecule has 1 aromatic carbocycles. The van der Waals surface area contributed by atoms with Crippen molar-refractivity contribution in [2.75, 3.05) is 11.2 Å². The summed E-state index contributed by atoms with van der Waals surface area (Å²) in [6.07, 6.45) is 0. The number of aromatic nitrogens is 3. The van der Waals surface area contributed by atoms with E-state index in [1.54, 1.807) is 6.92 Å². The molecular weight excluding hydrogens is 368 g/mol. The van der Waals surface area contributed by atoms with E-state index in [0.29, 0.717) is 17.0 Å².